The second kappa shape index (κ2) is 11.1. The van der Waals surface area contributed by atoms with Gasteiger partial charge in [0.25, 0.3) is 0 Å². The highest BCUT2D eigenvalue weighted by molar-refractivity contribution is 5.93. The van der Waals surface area contributed by atoms with Gasteiger partial charge >= 0.3 is 0 Å². The predicted octanol–water partition coefficient (Wildman–Crippen LogP) is 4.11. The molecule has 3 aromatic carbocycles. The minimum atomic E-state index is -0.130. The smallest absolute Gasteiger partial charge is 0.238 e. The number of hydrogen-bond acceptors (Lipinski definition) is 4. The van der Waals surface area contributed by atoms with E-state index in [1.54, 1.807) is 7.11 Å². The molecule has 156 valence electrons. The lowest BCUT2D eigenvalue weighted by atomic mass is 9.96. The molecular weight excluding hydrogens is 376 g/mol. The van der Waals surface area contributed by atoms with Crippen LogP contribution in [0.1, 0.15) is 23.6 Å². The summed E-state index contributed by atoms with van der Waals surface area (Å²) < 4.78 is 5.34. The number of carbonyl (C=O) groups excluding carboxylic acids is 1. The molecule has 1 amide bonds. The molecule has 0 spiro atoms. The van der Waals surface area contributed by atoms with Crippen LogP contribution in [0, 0.1) is 0 Å². The quantitative estimate of drug-likeness (QED) is 0.534. The normalized spacial score (nSPS) is 10.9. The van der Waals surface area contributed by atoms with E-state index in [2.05, 4.69) is 34.5 Å². The highest BCUT2D eigenvalue weighted by Gasteiger charge is 2.24. The molecule has 3 aromatic rings. The van der Waals surface area contributed by atoms with Crippen LogP contribution in [0.25, 0.3) is 0 Å². The third-order valence-electron chi connectivity index (χ3n) is 4.93. The molecule has 0 unspecified atom stereocenters. The van der Waals surface area contributed by atoms with Crippen molar-refractivity contribution < 1.29 is 14.6 Å². The molecule has 30 heavy (non-hydrogen) atoms. The largest absolute Gasteiger partial charge is 0.495 e. The third kappa shape index (κ3) is 5.69. The highest BCUT2D eigenvalue weighted by atomic mass is 16.5. The van der Waals surface area contributed by atoms with Gasteiger partial charge in [0.2, 0.25) is 5.91 Å². The number of nitrogens with one attached hydrogen (secondary N) is 1. The number of ether oxygens (including phenoxy) is 1. The highest BCUT2D eigenvalue weighted by Crippen LogP contribution is 2.29. The van der Waals surface area contributed by atoms with Gasteiger partial charge in [0.1, 0.15) is 5.75 Å². The number of carbonyl (C=O) groups is 1. The number of aliphatic hydroxyl groups excluding tert-OH is 1. The van der Waals surface area contributed by atoms with Crippen molar-refractivity contribution in [3.63, 3.8) is 0 Å². The van der Waals surface area contributed by atoms with Crippen molar-refractivity contribution >= 4 is 11.6 Å². The summed E-state index contributed by atoms with van der Waals surface area (Å²) in [6.45, 7) is 0.845. The van der Waals surface area contributed by atoms with Crippen LogP contribution < -0.4 is 10.1 Å². The fourth-order valence-corrected chi connectivity index (χ4v) is 3.58. The molecule has 3 rings (SSSR count). The van der Waals surface area contributed by atoms with E-state index in [1.165, 1.54) is 0 Å². The fraction of sp³-hybridized carbons (Fsp3) is 0.240. The summed E-state index contributed by atoms with van der Waals surface area (Å²) >= 11 is 0. The molecule has 0 aromatic heterocycles. The molecule has 0 heterocycles. The Balaban J connectivity index is 1.87. The van der Waals surface area contributed by atoms with Gasteiger partial charge in [-0.3, -0.25) is 9.69 Å². The number of amides is 1. The molecule has 0 aliphatic carbocycles. The van der Waals surface area contributed by atoms with Gasteiger partial charge in [-0.1, -0.05) is 72.8 Å². The van der Waals surface area contributed by atoms with E-state index in [0.29, 0.717) is 24.4 Å². The van der Waals surface area contributed by atoms with Crippen molar-refractivity contribution in [2.24, 2.45) is 0 Å². The van der Waals surface area contributed by atoms with Gasteiger partial charge in [0, 0.05) is 13.2 Å². The molecule has 0 atom stereocenters. The van der Waals surface area contributed by atoms with Crippen LogP contribution >= 0.6 is 0 Å². The molecule has 5 heteroatoms. The Morgan fingerprint density at radius 3 is 2.07 bits per heavy atom. The number of aliphatic hydroxyl groups is 1. The molecule has 2 N–H and O–H groups in total. The van der Waals surface area contributed by atoms with Crippen molar-refractivity contribution in [1.29, 1.82) is 0 Å². The lowest BCUT2D eigenvalue weighted by molar-refractivity contribution is -0.117. The van der Waals surface area contributed by atoms with E-state index in [9.17, 15) is 9.90 Å². The van der Waals surface area contributed by atoms with Gasteiger partial charge in [0.05, 0.1) is 25.4 Å². The van der Waals surface area contributed by atoms with Crippen LogP contribution in [0.5, 0.6) is 5.75 Å². The van der Waals surface area contributed by atoms with Crippen LogP contribution in [0.4, 0.5) is 5.69 Å². The monoisotopic (exact) mass is 404 g/mol. The first kappa shape index (κ1) is 21.6. The van der Waals surface area contributed by atoms with Crippen molar-refractivity contribution in [2.75, 3.05) is 32.1 Å². The SMILES string of the molecule is COc1ccccc1NC(=O)CN(CCCO)C(c1ccccc1)c1ccccc1. The molecule has 0 aliphatic rings. The predicted molar refractivity (Wildman–Crippen MR) is 120 cm³/mol. The summed E-state index contributed by atoms with van der Waals surface area (Å²) in [6.07, 6.45) is 0.581. The third-order valence-corrected chi connectivity index (χ3v) is 4.93. The van der Waals surface area contributed by atoms with E-state index in [0.717, 1.165) is 11.1 Å². The molecule has 0 aliphatic heterocycles. The van der Waals surface area contributed by atoms with Crippen LogP contribution in [-0.4, -0.2) is 42.7 Å². The summed E-state index contributed by atoms with van der Waals surface area (Å²) in [4.78, 5) is 15.1. The maximum absolute atomic E-state index is 13.0. The summed E-state index contributed by atoms with van der Waals surface area (Å²) in [5, 5.41) is 12.4. The van der Waals surface area contributed by atoms with Crippen molar-refractivity contribution in [1.82, 2.24) is 4.90 Å². The lowest BCUT2D eigenvalue weighted by Crippen LogP contribution is -2.38. The van der Waals surface area contributed by atoms with Crippen molar-refractivity contribution in [2.45, 2.75) is 12.5 Å². The van der Waals surface area contributed by atoms with Crippen LogP contribution in [0.2, 0.25) is 0 Å². The Labute approximate surface area is 177 Å². The average molecular weight is 405 g/mol. The topological polar surface area (TPSA) is 61.8 Å². The first-order chi connectivity index (χ1) is 14.7. The van der Waals surface area contributed by atoms with Gasteiger partial charge in [-0.05, 0) is 29.7 Å². The van der Waals surface area contributed by atoms with E-state index >= 15 is 0 Å². The Hall–Kier alpha value is -3.15. The molecular formula is C25H28N2O3. The maximum Gasteiger partial charge on any atom is 0.238 e. The van der Waals surface area contributed by atoms with Crippen molar-refractivity contribution in [3.8, 4) is 5.75 Å². The second-order valence-electron chi connectivity index (χ2n) is 7.02. The average Bonchev–Trinajstić information content (AvgIpc) is 2.79. The molecule has 0 saturated heterocycles. The van der Waals surface area contributed by atoms with Gasteiger partial charge < -0.3 is 15.2 Å². The summed E-state index contributed by atoms with van der Waals surface area (Å²) in [5.74, 6) is 0.490. The van der Waals surface area contributed by atoms with Gasteiger partial charge in [-0.25, -0.2) is 0 Å². The fourth-order valence-electron chi connectivity index (χ4n) is 3.58. The first-order valence-electron chi connectivity index (χ1n) is 10.1. The van der Waals surface area contributed by atoms with E-state index in [4.69, 9.17) is 4.74 Å². The summed E-state index contributed by atoms with van der Waals surface area (Å²) in [5.41, 5.74) is 2.85. The van der Waals surface area contributed by atoms with Crippen molar-refractivity contribution in [3.05, 3.63) is 96.1 Å². The molecule has 5 nitrogen and oxygen atoms in total. The number of methoxy groups -OCH3 is 1. The minimum absolute atomic E-state index is 0.0704. The number of anilines is 1. The Morgan fingerprint density at radius 2 is 1.50 bits per heavy atom. The molecule has 0 radical (unpaired) electrons. The van der Waals surface area contributed by atoms with Crippen LogP contribution in [0.3, 0.4) is 0 Å². The van der Waals surface area contributed by atoms with Crippen LogP contribution in [-0.2, 0) is 4.79 Å². The van der Waals surface area contributed by atoms with E-state index < -0.39 is 0 Å². The Morgan fingerprint density at radius 1 is 0.933 bits per heavy atom. The summed E-state index contributed by atoms with van der Waals surface area (Å²) in [7, 11) is 1.58. The van der Waals surface area contributed by atoms with E-state index in [1.807, 2.05) is 60.7 Å². The van der Waals surface area contributed by atoms with Gasteiger partial charge in [-0.15, -0.1) is 0 Å². The van der Waals surface area contributed by atoms with Crippen LogP contribution in [0.15, 0.2) is 84.9 Å². The zero-order valence-corrected chi connectivity index (χ0v) is 17.2. The zero-order valence-electron chi connectivity index (χ0n) is 17.2. The Bertz CT molecular complexity index is 876. The number of para-hydroxylation sites is 2. The maximum atomic E-state index is 13.0. The first-order valence-corrected chi connectivity index (χ1v) is 10.1. The zero-order chi connectivity index (χ0) is 21.2. The second-order valence-corrected chi connectivity index (χ2v) is 7.02. The van der Waals surface area contributed by atoms with Gasteiger partial charge in [-0.2, -0.15) is 0 Å². The summed E-state index contributed by atoms with van der Waals surface area (Å²) in [6, 6.07) is 27.5. The number of nitrogens with zero attached hydrogens (tertiary/aromatic N) is 1. The van der Waals surface area contributed by atoms with E-state index in [-0.39, 0.29) is 25.1 Å². The van der Waals surface area contributed by atoms with Gasteiger partial charge in [0.15, 0.2) is 0 Å². The molecule has 0 bridgehead atoms. The number of benzene rings is 3. The molecule has 0 saturated carbocycles. The number of rotatable bonds is 10. The number of hydrogen-bond donors (Lipinski definition) is 2. The molecule has 0 fully saturated rings. The standard InChI is InChI=1S/C25H28N2O3/c1-30-23-16-9-8-15-22(23)26-24(29)19-27(17-10-18-28)25(20-11-4-2-5-12-20)21-13-6-3-7-14-21/h2-9,11-16,25,28H,10,17-19H2,1H3,(H,26,29). The lowest BCUT2D eigenvalue weighted by Gasteiger charge is -2.32. The Kier molecular flexibility index (Phi) is 8.01. The minimum Gasteiger partial charge on any atom is -0.495 e.